The average Bonchev–Trinajstić information content (AvgIpc) is 2.68. The standard InChI is InChI=1S/C25H31ClN2O4/c1-6-7-18-10-12-21(20(26)14-18)31-23-13-11-19(16-27-23)9-8-17(2)28-22(29)15-24(30)32-25(3,4)5/h8-14,16-17H,6-7,15H2,1-5H3,(H,28,29)/b9-8+/t17-/m0/s1. The van der Waals surface area contributed by atoms with Crippen LogP contribution in [0.2, 0.25) is 5.02 Å². The number of rotatable bonds is 9. The van der Waals surface area contributed by atoms with Crippen LogP contribution >= 0.6 is 11.6 Å². The van der Waals surface area contributed by atoms with E-state index in [1.54, 1.807) is 33.0 Å². The van der Waals surface area contributed by atoms with Crippen LogP contribution in [0.5, 0.6) is 11.6 Å². The van der Waals surface area contributed by atoms with E-state index < -0.39 is 11.6 Å². The number of aromatic nitrogens is 1. The smallest absolute Gasteiger partial charge is 0.315 e. The van der Waals surface area contributed by atoms with E-state index in [1.165, 1.54) is 5.56 Å². The Balaban J connectivity index is 1.87. The lowest BCUT2D eigenvalue weighted by Crippen LogP contribution is -2.34. The van der Waals surface area contributed by atoms with E-state index in [4.69, 9.17) is 21.1 Å². The van der Waals surface area contributed by atoms with Crippen molar-refractivity contribution in [3.63, 3.8) is 0 Å². The predicted molar refractivity (Wildman–Crippen MR) is 127 cm³/mol. The van der Waals surface area contributed by atoms with Crippen molar-refractivity contribution < 1.29 is 19.1 Å². The molecular weight excluding hydrogens is 428 g/mol. The van der Waals surface area contributed by atoms with Crippen LogP contribution in [-0.2, 0) is 20.7 Å². The number of halogens is 1. The zero-order valence-electron chi connectivity index (χ0n) is 19.3. The molecule has 32 heavy (non-hydrogen) atoms. The lowest BCUT2D eigenvalue weighted by Gasteiger charge is -2.19. The molecule has 1 heterocycles. The summed E-state index contributed by atoms with van der Waals surface area (Å²) in [6.45, 7) is 9.22. The molecule has 7 heteroatoms. The second kappa shape index (κ2) is 11.7. The largest absolute Gasteiger partial charge is 0.460 e. The van der Waals surface area contributed by atoms with E-state index in [2.05, 4.69) is 17.2 Å². The van der Waals surface area contributed by atoms with Gasteiger partial charge in [0.2, 0.25) is 11.8 Å². The van der Waals surface area contributed by atoms with Crippen LogP contribution in [-0.4, -0.2) is 28.5 Å². The first kappa shape index (κ1) is 25.4. The van der Waals surface area contributed by atoms with Crippen molar-refractivity contribution in [2.75, 3.05) is 0 Å². The summed E-state index contributed by atoms with van der Waals surface area (Å²) in [7, 11) is 0. The zero-order chi connectivity index (χ0) is 23.7. The summed E-state index contributed by atoms with van der Waals surface area (Å²) in [5.74, 6) is 0.0563. The van der Waals surface area contributed by atoms with Crippen molar-refractivity contribution >= 4 is 29.6 Å². The monoisotopic (exact) mass is 458 g/mol. The lowest BCUT2D eigenvalue weighted by atomic mass is 10.1. The molecule has 0 bridgehead atoms. The highest BCUT2D eigenvalue weighted by atomic mass is 35.5. The molecule has 1 amide bonds. The fourth-order valence-corrected chi connectivity index (χ4v) is 3.09. The molecule has 0 aliphatic rings. The fourth-order valence-electron chi connectivity index (χ4n) is 2.85. The zero-order valence-corrected chi connectivity index (χ0v) is 20.0. The molecule has 2 rings (SSSR count). The molecule has 172 valence electrons. The maximum atomic E-state index is 12.0. The van der Waals surface area contributed by atoms with Gasteiger partial charge in [0, 0.05) is 18.3 Å². The van der Waals surface area contributed by atoms with Crippen LogP contribution in [0.1, 0.15) is 58.6 Å². The first-order valence-electron chi connectivity index (χ1n) is 10.7. The van der Waals surface area contributed by atoms with Crippen molar-refractivity contribution in [1.29, 1.82) is 0 Å². The Hall–Kier alpha value is -2.86. The number of hydrogen-bond donors (Lipinski definition) is 1. The highest BCUT2D eigenvalue weighted by Crippen LogP contribution is 2.29. The number of nitrogens with one attached hydrogen (secondary N) is 1. The van der Waals surface area contributed by atoms with E-state index in [1.807, 2.05) is 43.3 Å². The van der Waals surface area contributed by atoms with Crippen molar-refractivity contribution in [3.05, 3.63) is 58.8 Å². The molecular formula is C25H31ClN2O4. The van der Waals surface area contributed by atoms with Gasteiger partial charge in [-0.3, -0.25) is 9.59 Å². The molecule has 1 aromatic carbocycles. The molecule has 0 radical (unpaired) electrons. The number of amides is 1. The van der Waals surface area contributed by atoms with Gasteiger partial charge in [-0.15, -0.1) is 0 Å². The van der Waals surface area contributed by atoms with E-state index in [9.17, 15) is 9.59 Å². The fraction of sp³-hybridized carbons (Fsp3) is 0.400. The minimum Gasteiger partial charge on any atom is -0.460 e. The highest BCUT2D eigenvalue weighted by molar-refractivity contribution is 6.32. The number of esters is 1. The van der Waals surface area contributed by atoms with Crippen LogP contribution in [0.3, 0.4) is 0 Å². The van der Waals surface area contributed by atoms with Crippen molar-refractivity contribution in [3.8, 4) is 11.6 Å². The van der Waals surface area contributed by atoms with Crippen LogP contribution in [0.25, 0.3) is 6.08 Å². The van der Waals surface area contributed by atoms with Gasteiger partial charge in [0.1, 0.15) is 17.8 Å². The molecule has 6 nitrogen and oxygen atoms in total. The number of carbonyl (C=O) groups excluding carboxylic acids is 2. The van der Waals surface area contributed by atoms with Crippen molar-refractivity contribution in [2.45, 2.75) is 65.5 Å². The lowest BCUT2D eigenvalue weighted by molar-refractivity contribution is -0.156. The molecule has 0 fully saturated rings. The van der Waals surface area contributed by atoms with Gasteiger partial charge in [0.05, 0.1) is 5.02 Å². The second-order valence-corrected chi connectivity index (χ2v) is 8.93. The summed E-state index contributed by atoms with van der Waals surface area (Å²) in [5.41, 5.74) is 1.40. The Bertz CT molecular complexity index is 949. The normalized spacial score (nSPS) is 12.4. The van der Waals surface area contributed by atoms with Gasteiger partial charge >= 0.3 is 5.97 Å². The SMILES string of the molecule is CCCc1ccc(Oc2ccc(/C=C/[C@H](C)NC(=O)CC(=O)OC(C)(C)C)cn2)c(Cl)c1. The number of benzene rings is 1. The van der Waals surface area contributed by atoms with Gasteiger partial charge in [0.25, 0.3) is 0 Å². The van der Waals surface area contributed by atoms with Gasteiger partial charge in [-0.1, -0.05) is 43.2 Å². The summed E-state index contributed by atoms with van der Waals surface area (Å²) in [6, 6.07) is 9.11. The number of aryl methyl sites for hydroxylation is 1. The molecule has 0 spiro atoms. The summed E-state index contributed by atoms with van der Waals surface area (Å²) in [6.07, 6.45) is 7.03. The number of ether oxygens (including phenoxy) is 2. The van der Waals surface area contributed by atoms with Gasteiger partial charge < -0.3 is 14.8 Å². The van der Waals surface area contributed by atoms with E-state index >= 15 is 0 Å². The van der Waals surface area contributed by atoms with Gasteiger partial charge in [-0.05, 0) is 63.4 Å². The van der Waals surface area contributed by atoms with Gasteiger partial charge in [-0.2, -0.15) is 0 Å². The van der Waals surface area contributed by atoms with E-state index in [-0.39, 0.29) is 18.4 Å². The Morgan fingerprint density at radius 1 is 1.22 bits per heavy atom. The first-order chi connectivity index (χ1) is 15.1. The second-order valence-electron chi connectivity index (χ2n) is 8.53. The molecule has 0 saturated heterocycles. The Kier molecular flexibility index (Phi) is 9.27. The number of nitrogens with zero attached hydrogens (tertiary/aromatic N) is 1. The van der Waals surface area contributed by atoms with Crippen LogP contribution in [0.4, 0.5) is 0 Å². The third-order valence-corrected chi connectivity index (χ3v) is 4.50. The third kappa shape index (κ3) is 9.10. The summed E-state index contributed by atoms with van der Waals surface area (Å²) < 4.78 is 10.9. The minimum atomic E-state index is -0.615. The van der Waals surface area contributed by atoms with E-state index in [0.29, 0.717) is 16.7 Å². The molecule has 0 saturated carbocycles. The molecule has 0 aliphatic heterocycles. The molecule has 1 aromatic heterocycles. The Morgan fingerprint density at radius 3 is 2.56 bits per heavy atom. The molecule has 0 aliphatic carbocycles. The topological polar surface area (TPSA) is 77.5 Å². The Labute approximate surface area is 195 Å². The number of hydrogen-bond acceptors (Lipinski definition) is 5. The van der Waals surface area contributed by atoms with Crippen molar-refractivity contribution in [1.82, 2.24) is 10.3 Å². The quantitative estimate of drug-likeness (QED) is 0.383. The maximum absolute atomic E-state index is 12.0. The van der Waals surface area contributed by atoms with Gasteiger partial charge in [-0.25, -0.2) is 4.98 Å². The summed E-state index contributed by atoms with van der Waals surface area (Å²) in [4.78, 5) is 28.0. The summed E-state index contributed by atoms with van der Waals surface area (Å²) >= 11 is 6.31. The average molecular weight is 459 g/mol. The maximum Gasteiger partial charge on any atom is 0.315 e. The number of carbonyl (C=O) groups is 2. The molecule has 2 aromatic rings. The number of pyridine rings is 1. The Morgan fingerprint density at radius 2 is 1.97 bits per heavy atom. The van der Waals surface area contributed by atoms with Crippen LogP contribution < -0.4 is 10.1 Å². The van der Waals surface area contributed by atoms with Crippen LogP contribution in [0, 0.1) is 0 Å². The van der Waals surface area contributed by atoms with Crippen LogP contribution in [0.15, 0.2) is 42.6 Å². The first-order valence-corrected chi connectivity index (χ1v) is 11.1. The van der Waals surface area contributed by atoms with E-state index in [0.717, 1.165) is 18.4 Å². The van der Waals surface area contributed by atoms with Crippen molar-refractivity contribution in [2.24, 2.45) is 0 Å². The summed E-state index contributed by atoms with van der Waals surface area (Å²) in [5, 5.41) is 3.30. The minimum absolute atomic E-state index is 0.263. The predicted octanol–water partition coefficient (Wildman–Crippen LogP) is 5.73. The molecule has 1 N–H and O–H groups in total. The van der Waals surface area contributed by atoms with Gasteiger partial charge in [0.15, 0.2) is 0 Å². The molecule has 0 unspecified atom stereocenters. The highest BCUT2D eigenvalue weighted by Gasteiger charge is 2.19. The molecule has 1 atom stereocenters. The third-order valence-electron chi connectivity index (χ3n) is 4.20.